The normalized spacial score (nSPS) is 12.6. The average Bonchev–Trinajstić information content (AvgIpc) is 2.25. The van der Waals surface area contributed by atoms with Crippen LogP contribution in [0.5, 0.6) is 0 Å². The van der Waals surface area contributed by atoms with Gasteiger partial charge in [0.2, 0.25) is 5.95 Å². The predicted octanol–water partition coefficient (Wildman–Crippen LogP) is -1.89. The fourth-order valence-electron chi connectivity index (χ4n) is 1.15. The van der Waals surface area contributed by atoms with E-state index in [1.807, 2.05) is 0 Å². The van der Waals surface area contributed by atoms with Crippen molar-refractivity contribution in [2.24, 2.45) is 0 Å². The average molecular weight is 230 g/mol. The summed E-state index contributed by atoms with van der Waals surface area (Å²) in [5.41, 5.74) is 4.63. The quantitative estimate of drug-likeness (QED) is 0.522. The van der Waals surface area contributed by atoms with Crippen LogP contribution in [-0.4, -0.2) is 44.6 Å². The van der Waals surface area contributed by atoms with E-state index in [-0.39, 0.29) is 32.2 Å². The number of aliphatic hydroxyl groups excluding tert-OH is 2. The molecule has 8 heteroatoms. The minimum atomic E-state index is -0.703. The molecule has 1 atom stereocenters. The summed E-state index contributed by atoms with van der Waals surface area (Å²) >= 11 is 0. The maximum absolute atomic E-state index is 11.4. The molecule has 0 saturated heterocycles. The van der Waals surface area contributed by atoms with E-state index in [1.54, 1.807) is 0 Å². The Kier molecular flexibility index (Phi) is 4.83. The van der Waals surface area contributed by atoms with Crippen LogP contribution in [0.25, 0.3) is 0 Å². The third kappa shape index (κ3) is 3.26. The van der Waals surface area contributed by atoms with Gasteiger partial charge >= 0.3 is 5.69 Å². The lowest BCUT2D eigenvalue weighted by Gasteiger charge is -2.17. The van der Waals surface area contributed by atoms with E-state index in [0.717, 1.165) is 4.57 Å². The van der Waals surface area contributed by atoms with E-state index >= 15 is 0 Å². The van der Waals surface area contributed by atoms with Crippen molar-refractivity contribution < 1.29 is 14.9 Å². The first-order chi connectivity index (χ1) is 7.69. The van der Waals surface area contributed by atoms with Crippen molar-refractivity contribution >= 4 is 5.95 Å². The van der Waals surface area contributed by atoms with E-state index in [0.29, 0.717) is 0 Å². The molecule has 16 heavy (non-hydrogen) atoms. The Morgan fingerprint density at radius 1 is 1.50 bits per heavy atom. The Balaban J connectivity index is 2.87. The highest BCUT2D eigenvalue weighted by Gasteiger charge is 2.13. The minimum absolute atomic E-state index is 0.0570. The topological polar surface area (TPSA) is 123 Å². The molecule has 0 aliphatic rings. The second-order valence-electron chi connectivity index (χ2n) is 2.97. The van der Waals surface area contributed by atoms with Gasteiger partial charge in [-0.1, -0.05) is 0 Å². The van der Waals surface area contributed by atoms with Gasteiger partial charge in [-0.2, -0.15) is 4.98 Å². The summed E-state index contributed by atoms with van der Waals surface area (Å²) in [6.45, 7) is -0.277. The highest BCUT2D eigenvalue weighted by Crippen LogP contribution is 2.09. The first-order valence-electron chi connectivity index (χ1n) is 4.73. The van der Waals surface area contributed by atoms with Gasteiger partial charge in [0.05, 0.1) is 13.2 Å². The van der Waals surface area contributed by atoms with Crippen LogP contribution in [-0.2, 0) is 4.74 Å². The van der Waals surface area contributed by atoms with Gasteiger partial charge in [0.25, 0.3) is 0 Å². The van der Waals surface area contributed by atoms with Crippen molar-refractivity contribution in [2.75, 3.05) is 25.6 Å². The monoisotopic (exact) mass is 230 g/mol. The number of aromatic nitrogens is 3. The van der Waals surface area contributed by atoms with Gasteiger partial charge in [0.15, 0.2) is 0 Å². The van der Waals surface area contributed by atoms with Crippen molar-refractivity contribution in [3.63, 3.8) is 0 Å². The smallest absolute Gasteiger partial charge is 0.354 e. The molecule has 0 amide bonds. The van der Waals surface area contributed by atoms with Crippen LogP contribution in [0.2, 0.25) is 0 Å². The summed E-state index contributed by atoms with van der Waals surface area (Å²) in [5.74, 6) is -0.119. The van der Waals surface area contributed by atoms with Crippen LogP contribution >= 0.6 is 0 Å². The first-order valence-corrected chi connectivity index (χ1v) is 4.73. The van der Waals surface area contributed by atoms with Gasteiger partial charge in [-0.3, -0.25) is 4.57 Å². The fraction of sp³-hybridized carbons (Fsp3) is 0.625. The Morgan fingerprint density at radius 3 is 2.81 bits per heavy atom. The van der Waals surface area contributed by atoms with Gasteiger partial charge in [0.1, 0.15) is 12.6 Å². The van der Waals surface area contributed by atoms with E-state index < -0.39 is 11.9 Å². The molecule has 0 aliphatic heterocycles. The van der Waals surface area contributed by atoms with Crippen molar-refractivity contribution in [2.45, 2.75) is 12.6 Å². The first kappa shape index (κ1) is 12.6. The molecule has 90 valence electrons. The molecule has 4 N–H and O–H groups in total. The Hall–Kier alpha value is -1.51. The van der Waals surface area contributed by atoms with Crippen LogP contribution in [0.4, 0.5) is 5.95 Å². The number of hydrogen-bond acceptors (Lipinski definition) is 7. The maximum atomic E-state index is 11.4. The number of hydrogen-bond donors (Lipinski definition) is 3. The lowest BCUT2D eigenvalue weighted by atomic mass is 10.4. The van der Waals surface area contributed by atoms with Crippen LogP contribution < -0.4 is 11.4 Å². The molecule has 0 aliphatic carbocycles. The Morgan fingerprint density at radius 2 is 2.25 bits per heavy atom. The van der Waals surface area contributed by atoms with Crippen LogP contribution in [0.3, 0.4) is 0 Å². The summed E-state index contributed by atoms with van der Waals surface area (Å²) in [4.78, 5) is 18.5. The second kappa shape index (κ2) is 6.16. The molecule has 0 fully saturated rings. The molecule has 0 spiro atoms. The Labute approximate surface area is 91.3 Å². The Bertz CT molecular complexity index is 381. The molecule has 1 aromatic rings. The molecule has 8 nitrogen and oxygen atoms in total. The third-order valence-corrected chi connectivity index (χ3v) is 1.83. The van der Waals surface area contributed by atoms with E-state index in [9.17, 15) is 4.79 Å². The molecule has 1 heterocycles. The van der Waals surface area contributed by atoms with E-state index in [1.165, 1.54) is 6.33 Å². The minimum Gasteiger partial charge on any atom is -0.396 e. The number of nitrogens with two attached hydrogens (primary N) is 1. The molecular formula is C8H14N4O4. The summed E-state index contributed by atoms with van der Waals surface area (Å²) in [6.07, 6.45) is 0.695. The summed E-state index contributed by atoms with van der Waals surface area (Å²) in [5, 5.41) is 17.4. The zero-order chi connectivity index (χ0) is 12.0. The SMILES string of the molecule is Nc1ncn([C@H](CCO)OCCO)c(=O)n1. The van der Waals surface area contributed by atoms with Gasteiger partial charge in [0, 0.05) is 13.0 Å². The molecule has 0 aromatic carbocycles. The number of rotatable bonds is 6. The molecule has 0 radical (unpaired) electrons. The standard InChI is InChI=1S/C8H14N4O4/c9-7-10-5-12(8(15)11-7)6(1-2-13)16-4-3-14/h5-6,13-14H,1-4H2,(H2,9,11,15)/t6-/m0/s1. The highest BCUT2D eigenvalue weighted by atomic mass is 16.5. The second-order valence-corrected chi connectivity index (χ2v) is 2.97. The molecule has 0 unspecified atom stereocenters. The summed E-state index contributed by atoms with van der Waals surface area (Å²) < 4.78 is 6.28. The number of nitrogen functional groups attached to an aromatic ring is 1. The van der Waals surface area contributed by atoms with Crippen LogP contribution in [0, 0.1) is 0 Å². The van der Waals surface area contributed by atoms with Crippen molar-refractivity contribution in [1.29, 1.82) is 0 Å². The number of nitrogens with zero attached hydrogens (tertiary/aromatic N) is 3. The zero-order valence-electron chi connectivity index (χ0n) is 8.61. The van der Waals surface area contributed by atoms with Crippen molar-refractivity contribution in [1.82, 2.24) is 14.5 Å². The molecule has 1 aromatic heterocycles. The number of aliphatic hydroxyl groups is 2. The largest absolute Gasteiger partial charge is 0.396 e. The summed E-state index contributed by atoms with van der Waals surface area (Å²) in [7, 11) is 0. The van der Waals surface area contributed by atoms with Gasteiger partial charge in [-0.15, -0.1) is 0 Å². The molecule has 0 bridgehead atoms. The van der Waals surface area contributed by atoms with Gasteiger partial charge in [-0.25, -0.2) is 9.78 Å². The number of anilines is 1. The van der Waals surface area contributed by atoms with E-state index in [2.05, 4.69) is 9.97 Å². The molecular weight excluding hydrogens is 216 g/mol. The van der Waals surface area contributed by atoms with Crippen LogP contribution in [0.1, 0.15) is 12.6 Å². The van der Waals surface area contributed by atoms with Gasteiger partial charge < -0.3 is 20.7 Å². The van der Waals surface area contributed by atoms with Crippen LogP contribution in [0.15, 0.2) is 11.1 Å². The van der Waals surface area contributed by atoms with Crippen molar-refractivity contribution in [3.8, 4) is 0 Å². The van der Waals surface area contributed by atoms with E-state index in [4.69, 9.17) is 20.7 Å². The van der Waals surface area contributed by atoms with Crippen molar-refractivity contribution in [3.05, 3.63) is 16.8 Å². The lowest BCUT2D eigenvalue weighted by molar-refractivity contribution is -0.0313. The predicted molar refractivity (Wildman–Crippen MR) is 54.5 cm³/mol. The zero-order valence-corrected chi connectivity index (χ0v) is 8.61. The lowest BCUT2D eigenvalue weighted by Crippen LogP contribution is -2.30. The molecule has 0 saturated carbocycles. The third-order valence-electron chi connectivity index (χ3n) is 1.83. The molecule has 1 rings (SSSR count). The number of ether oxygens (including phenoxy) is 1. The fourth-order valence-corrected chi connectivity index (χ4v) is 1.15. The highest BCUT2D eigenvalue weighted by molar-refractivity contribution is 5.09. The maximum Gasteiger partial charge on any atom is 0.354 e. The van der Waals surface area contributed by atoms with Gasteiger partial charge in [-0.05, 0) is 0 Å². The summed E-state index contributed by atoms with van der Waals surface area (Å²) in [6, 6.07) is 0.